The molecule has 0 bridgehead atoms. The summed E-state index contributed by atoms with van der Waals surface area (Å²) in [6.45, 7) is 0.958. The molecule has 0 radical (unpaired) electrons. The van der Waals surface area contributed by atoms with Gasteiger partial charge in [0.1, 0.15) is 12.4 Å². The largest absolute Gasteiger partial charge is 0.489 e. The van der Waals surface area contributed by atoms with Gasteiger partial charge in [0, 0.05) is 18.9 Å². The standard InChI is InChI=1S/C9H13NO3/c1-12-4-5-13-9-6-10-3-2-8(9)7-11/h2-3,6,11H,4-5,7H2,1H3. The highest BCUT2D eigenvalue weighted by atomic mass is 16.5. The van der Waals surface area contributed by atoms with E-state index in [0.29, 0.717) is 19.0 Å². The number of methoxy groups -OCH3 is 1. The lowest BCUT2D eigenvalue weighted by Gasteiger charge is -2.07. The van der Waals surface area contributed by atoms with Gasteiger partial charge in [0.2, 0.25) is 0 Å². The second-order valence-corrected chi connectivity index (χ2v) is 2.48. The van der Waals surface area contributed by atoms with Gasteiger partial charge in [-0.15, -0.1) is 0 Å². The summed E-state index contributed by atoms with van der Waals surface area (Å²) in [7, 11) is 1.61. The van der Waals surface area contributed by atoms with Crippen LogP contribution in [-0.4, -0.2) is 30.4 Å². The lowest BCUT2D eigenvalue weighted by Crippen LogP contribution is -2.06. The van der Waals surface area contributed by atoms with Crippen LogP contribution in [0.15, 0.2) is 18.5 Å². The summed E-state index contributed by atoms with van der Waals surface area (Å²) in [6, 6.07) is 1.72. The number of aliphatic hydroxyl groups is 1. The maximum absolute atomic E-state index is 8.94. The van der Waals surface area contributed by atoms with Crippen LogP contribution in [0.4, 0.5) is 0 Å². The van der Waals surface area contributed by atoms with Crippen LogP contribution in [0.2, 0.25) is 0 Å². The summed E-state index contributed by atoms with van der Waals surface area (Å²) in [5, 5.41) is 8.94. The third-order valence-electron chi connectivity index (χ3n) is 1.59. The third kappa shape index (κ3) is 3.01. The highest BCUT2D eigenvalue weighted by Gasteiger charge is 2.00. The molecule has 0 aromatic carbocycles. The summed E-state index contributed by atoms with van der Waals surface area (Å²) in [5.74, 6) is 0.613. The molecule has 0 unspecified atom stereocenters. The predicted octanol–water partition coefficient (Wildman–Crippen LogP) is 0.599. The van der Waals surface area contributed by atoms with Gasteiger partial charge in [-0.2, -0.15) is 0 Å². The van der Waals surface area contributed by atoms with Crippen molar-refractivity contribution in [2.24, 2.45) is 0 Å². The summed E-state index contributed by atoms with van der Waals surface area (Å²) >= 11 is 0. The first-order valence-electron chi connectivity index (χ1n) is 4.04. The number of hydrogen-bond donors (Lipinski definition) is 1. The molecule has 4 nitrogen and oxygen atoms in total. The number of aromatic nitrogens is 1. The van der Waals surface area contributed by atoms with E-state index in [1.807, 2.05) is 0 Å². The number of aliphatic hydroxyl groups excluding tert-OH is 1. The smallest absolute Gasteiger partial charge is 0.143 e. The minimum Gasteiger partial charge on any atom is -0.489 e. The summed E-state index contributed by atoms with van der Waals surface area (Å²) < 4.78 is 10.2. The molecule has 1 heterocycles. The van der Waals surface area contributed by atoms with E-state index in [1.165, 1.54) is 0 Å². The van der Waals surface area contributed by atoms with Gasteiger partial charge in [-0.05, 0) is 6.07 Å². The third-order valence-corrected chi connectivity index (χ3v) is 1.59. The average Bonchev–Trinajstić information content (AvgIpc) is 2.19. The maximum Gasteiger partial charge on any atom is 0.143 e. The van der Waals surface area contributed by atoms with Crippen molar-refractivity contribution in [2.45, 2.75) is 6.61 Å². The number of ether oxygens (including phenoxy) is 2. The van der Waals surface area contributed by atoms with Crippen LogP contribution in [0, 0.1) is 0 Å². The Morgan fingerprint density at radius 2 is 2.31 bits per heavy atom. The Bertz CT molecular complexity index is 252. The average molecular weight is 183 g/mol. The topological polar surface area (TPSA) is 51.6 Å². The van der Waals surface area contributed by atoms with Crippen LogP contribution in [0.3, 0.4) is 0 Å². The first kappa shape index (κ1) is 9.95. The van der Waals surface area contributed by atoms with E-state index in [4.69, 9.17) is 14.6 Å². The van der Waals surface area contributed by atoms with E-state index in [2.05, 4.69) is 4.98 Å². The van der Waals surface area contributed by atoms with Gasteiger partial charge in [0.15, 0.2) is 0 Å². The van der Waals surface area contributed by atoms with Crippen LogP contribution < -0.4 is 4.74 Å². The number of hydrogen-bond acceptors (Lipinski definition) is 4. The first-order valence-corrected chi connectivity index (χ1v) is 4.04. The Labute approximate surface area is 77.1 Å². The van der Waals surface area contributed by atoms with Gasteiger partial charge in [0.05, 0.1) is 19.4 Å². The lowest BCUT2D eigenvalue weighted by molar-refractivity contribution is 0.144. The van der Waals surface area contributed by atoms with E-state index in [1.54, 1.807) is 25.6 Å². The van der Waals surface area contributed by atoms with Crippen molar-refractivity contribution in [3.63, 3.8) is 0 Å². The predicted molar refractivity (Wildman–Crippen MR) is 47.5 cm³/mol. The molecule has 0 fully saturated rings. The van der Waals surface area contributed by atoms with Crippen molar-refractivity contribution in [3.05, 3.63) is 24.0 Å². The molecule has 72 valence electrons. The molecular formula is C9H13NO3. The summed E-state index contributed by atoms with van der Waals surface area (Å²) in [4.78, 5) is 3.90. The molecule has 0 amide bonds. The summed E-state index contributed by atoms with van der Waals surface area (Å²) in [6.07, 6.45) is 3.20. The minimum atomic E-state index is -0.0369. The lowest BCUT2D eigenvalue weighted by atomic mass is 10.2. The van der Waals surface area contributed by atoms with Crippen molar-refractivity contribution in [1.82, 2.24) is 4.98 Å². The zero-order valence-corrected chi connectivity index (χ0v) is 7.56. The zero-order valence-electron chi connectivity index (χ0n) is 7.56. The van der Waals surface area contributed by atoms with Gasteiger partial charge >= 0.3 is 0 Å². The molecule has 0 aliphatic rings. The van der Waals surface area contributed by atoms with Crippen molar-refractivity contribution in [3.8, 4) is 5.75 Å². The van der Waals surface area contributed by atoms with E-state index in [9.17, 15) is 0 Å². The van der Waals surface area contributed by atoms with E-state index in [-0.39, 0.29) is 6.61 Å². The van der Waals surface area contributed by atoms with Crippen LogP contribution in [0.5, 0.6) is 5.75 Å². The van der Waals surface area contributed by atoms with E-state index < -0.39 is 0 Å². The quantitative estimate of drug-likeness (QED) is 0.679. The molecule has 0 saturated heterocycles. The highest BCUT2D eigenvalue weighted by molar-refractivity contribution is 5.28. The minimum absolute atomic E-state index is 0.0369. The van der Waals surface area contributed by atoms with Crippen LogP contribution >= 0.6 is 0 Å². The van der Waals surface area contributed by atoms with Gasteiger partial charge in [-0.1, -0.05) is 0 Å². The van der Waals surface area contributed by atoms with Gasteiger partial charge < -0.3 is 14.6 Å². The Morgan fingerprint density at radius 3 is 3.00 bits per heavy atom. The molecule has 1 aromatic heterocycles. The Kier molecular flexibility index (Phi) is 4.21. The van der Waals surface area contributed by atoms with Crippen LogP contribution in [0.1, 0.15) is 5.56 Å². The molecule has 1 rings (SSSR count). The van der Waals surface area contributed by atoms with Crippen molar-refractivity contribution >= 4 is 0 Å². The molecule has 13 heavy (non-hydrogen) atoms. The summed E-state index contributed by atoms with van der Waals surface area (Å²) in [5.41, 5.74) is 0.742. The molecule has 0 spiro atoms. The number of rotatable bonds is 5. The first-order chi connectivity index (χ1) is 6.38. The van der Waals surface area contributed by atoms with E-state index >= 15 is 0 Å². The van der Waals surface area contributed by atoms with Crippen molar-refractivity contribution < 1.29 is 14.6 Å². The molecular weight excluding hydrogens is 170 g/mol. The number of pyridine rings is 1. The maximum atomic E-state index is 8.94. The van der Waals surface area contributed by atoms with Crippen molar-refractivity contribution in [1.29, 1.82) is 0 Å². The molecule has 4 heteroatoms. The monoisotopic (exact) mass is 183 g/mol. The molecule has 0 saturated carbocycles. The normalized spacial score (nSPS) is 10.0. The van der Waals surface area contributed by atoms with Gasteiger partial charge in [0.25, 0.3) is 0 Å². The Hall–Kier alpha value is -1.13. The van der Waals surface area contributed by atoms with Gasteiger partial charge in [-0.25, -0.2) is 0 Å². The Balaban J connectivity index is 2.54. The molecule has 1 N–H and O–H groups in total. The molecule has 0 aliphatic heterocycles. The molecule has 0 aliphatic carbocycles. The van der Waals surface area contributed by atoms with E-state index in [0.717, 1.165) is 5.56 Å². The fraction of sp³-hybridized carbons (Fsp3) is 0.444. The van der Waals surface area contributed by atoms with Crippen molar-refractivity contribution in [2.75, 3.05) is 20.3 Å². The molecule has 1 aromatic rings. The van der Waals surface area contributed by atoms with Crippen LogP contribution in [-0.2, 0) is 11.3 Å². The molecule has 0 atom stereocenters. The SMILES string of the molecule is COCCOc1cnccc1CO. The fourth-order valence-electron chi connectivity index (χ4n) is 0.904. The zero-order chi connectivity index (χ0) is 9.52. The highest BCUT2D eigenvalue weighted by Crippen LogP contribution is 2.15. The fourth-order valence-corrected chi connectivity index (χ4v) is 0.904. The number of nitrogens with zero attached hydrogens (tertiary/aromatic N) is 1. The van der Waals surface area contributed by atoms with Crippen LogP contribution in [0.25, 0.3) is 0 Å². The Morgan fingerprint density at radius 1 is 1.46 bits per heavy atom. The van der Waals surface area contributed by atoms with Gasteiger partial charge in [-0.3, -0.25) is 4.98 Å². The second kappa shape index (κ2) is 5.50. The second-order valence-electron chi connectivity index (χ2n) is 2.48.